The highest BCUT2D eigenvalue weighted by atomic mass is 15.0. The first-order chi connectivity index (χ1) is 7.83. The van der Waals surface area contributed by atoms with Gasteiger partial charge in [-0.1, -0.05) is 31.2 Å². The van der Waals surface area contributed by atoms with Gasteiger partial charge in [-0.3, -0.25) is 0 Å². The summed E-state index contributed by atoms with van der Waals surface area (Å²) in [5.74, 6) is 0.838. The van der Waals surface area contributed by atoms with Crippen molar-refractivity contribution in [1.29, 1.82) is 0 Å². The van der Waals surface area contributed by atoms with Crippen molar-refractivity contribution >= 4 is 5.82 Å². The fraction of sp³-hybridized carbons (Fsp3) is 0.231. The zero-order valence-corrected chi connectivity index (χ0v) is 9.57. The molecule has 0 radical (unpaired) electrons. The Morgan fingerprint density at radius 1 is 1.12 bits per heavy atom. The van der Waals surface area contributed by atoms with E-state index in [0.717, 1.165) is 23.5 Å². The van der Waals surface area contributed by atoms with Gasteiger partial charge in [0.2, 0.25) is 0 Å². The molecule has 0 saturated heterocycles. The lowest BCUT2D eigenvalue weighted by Crippen LogP contribution is -1.94. The Labute approximate surface area is 95.6 Å². The lowest BCUT2D eigenvalue weighted by atomic mass is 10.1. The van der Waals surface area contributed by atoms with E-state index in [4.69, 9.17) is 0 Å². The number of nitrogens with one attached hydrogen (secondary N) is 1. The predicted octanol–water partition coefficient (Wildman–Crippen LogP) is 2.75. The maximum atomic E-state index is 4.26. The third kappa shape index (κ3) is 2.19. The van der Waals surface area contributed by atoms with Crippen molar-refractivity contribution in [2.75, 3.05) is 12.4 Å². The van der Waals surface area contributed by atoms with Gasteiger partial charge < -0.3 is 5.32 Å². The van der Waals surface area contributed by atoms with E-state index in [-0.39, 0.29) is 0 Å². The van der Waals surface area contributed by atoms with Crippen molar-refractivity contribution in [2.45, 2.75) is 13.3 Å². The second-order valence-electron chi connectivity index (χ2n) is 3.59. The second kappa shape index (κ2) is 4.75. The molecule has 2 rings (SSSR count). The third-order valence-electron chi connectivity index (χ3n) is 2.58. The minimum Gasteiger partial charge on any atom is -0.373 e. The number of aromatic nitrogens is 2. The Hall–Kier alpha value is -1.90. The van der Waals surface area contributed by atoms with Crippen LogP contribution in [0.3, 0.4) is 0 Å². The van der Waals surface area contributed by atoms with Crippen LogP contribution < -0.4 is 5.32 Å². The molecule has 82 valence electrons. The summed E-state index contributed by atoms with van der Waals surface area (Å²) >= 11 is 0. The van der Waals surface area contributed by atoms with Gasteiger partial charge in [-0.25, -0.2) is 9.97 Å². The van der Waals surface area contributed by atoms with Crippen LogP contribution >= 0.6 is 0 Å². The molecular weight excluding hydrogens is 198 g/mol. The summed E-state index contributed by atoms with van der Waals surface area (Å²) in [4.78, 5) is 8.36. The Morgan fingerprint density at radius 2 is 1.88 bits per heavy atom. The van der Waals surface area contributed by atoms with Crippen LogP contribution in [0.1, 0.15) is 12.5 Å². The van der Waals surface area contributed by atoms with Gasteiger partial charge in [0.25, 0.3) is 0 Å². The van der Waals surface area contributed by atoms with Crippen molar-refractivity contribution in [3.8, 4) is 11.3 Å². The van der Waals surface area contributed by atoms with Crippen LogP contribution in [-0.2, 0) is 6.42 Å². The van der Waals surface area contributed by atoms with E-state index >= 15 is 0 Å². The lowest BCUT2D eigenvalue weighted by Gasteiger charge is -2.04. The molecular formula is C13H15N3. The van der Waals surface area contributed by atoms with Gasteiger partial charge in [0.15, 0.2) is 0 Å². The summed E-state index contributed by atoms with van der Waals surface area (Å²) in [6.45, 7) is 2.15. The van der Waals surface area contributed by atoms with Crippen molar-refractivity contribution < 1.29 is 0 Å². The molecule has 16 heavy (non-hydrogen) atoms. The third-order valence-corrected chi connectivity index (χ3v) is 2.58. The van der Waals surface area contributed by atoms with Crippen molar-refractivity contribution in [3.63, 3.8) is 0 Å². The van der Waals surface area contributed by atoms with Gasteiger partial charge >= 0.3 is 0 Å². The van der Waals surface area contributed by atoms with E-state index in [0.29, 0.717) is 0 Å². The average molecular weight is 213 g/mol. The highest BCUT2D eigenvalue weighted by Gasteiger charge is 2.00. The minimum atomic E-state index is 0.838. The standard InChI is InChI=1S/C13H15N3/c1-3-10-4-6-11(7-5-10)12-8-13(14-2)16-9-15-12/h4-9H,3H2,1-2H3,(H,14,15,16). The summed E-state index contributed by atoms with van der Waals surface area (Å²) in [6.07, 6.45) is 2.64. The molecule has 0 aliphatic heterocycles. The highest BCUT2D eigenvalue weighted by molar-refractivity contribution is 5.62. The number of hydrogen-bond donors (Lipinski definition) is 1. The number of aryl methyl sites for hydroxylation is 1. The van der Waals surface area contributed by atoms with Gasteiger partial charge in [0, 0.05) is 18.7 Å². The monoisotopic (exact) mass is 213 g/mol. The van der Waals surface area contributed by atoms with Gasteiger partial charge in [0.1, 0.15) is 12.1 Å². The molecule has 0 bridgehead atoms. The van der Waals surface area contributed by atoms with Crippen LogP contribution in [-0.4, -0.2) is 17.0 Å². The molecule has 0 unspecified atom stereocenters. The molecule has 0 amide bonds. The molecule has 0 aliphatic carbocycles. The Bertz CT molecular complexity index is 463. The molecule has 0 atom stereocenters. The van der Waals surface area contributed by atoms with Crippen molar-refractivity contribution in [2.24, 2.45) is 0 Å². The lowest BCUT2D eigenvalue weighted by molar-refractivity contribution is 1.13. The van der Waals surface area contributed by atoms with Crippen molar-refractivity contribution in [3.05, 3.63) is 42.2 Å². The molecule has 1 N–H and O–H groups in total. The number of hydrogen-bond acceptors (Lipinski definition) is 3. The Morgan fingerprint density at radius 3 is 2.50 bits per heavy atom. The SMILES string of the molecule is CCc1ccc(-c2cc(NC)ncn2)cc1. The zero-order valence-electron chi connectivity index (χ0n) is 9.57. The van der Waals surface area contributed by atoms with Crippen LogP contribution in [0.2, 0.25) is 0 Å². The van der Waals surface area contributed by atoms with Crippen LogP contribution in [0.25, 0.3) is 11.3 Å². The van der Waals surface area contributed by atoms with Gasteiger partial charge in [-0.05, 0) is 12.0 Å². The van der Waals surface area contributed by atoms with E-state index in [9.17, 15) is 0 Å². The average Bonchev–Trinajstić information content (AvgIpc) is 2.39. The van der Waals surface area contributed by atoms with E-state index in [1.807, 2.05) is 13.1 Å². The molecule has 0 aliphatic rings. The van der Waals surface area contributed by atoms with Crippen LogP contribution in [0.5, 0.6) is 0 Å². The molecule has 1 aromatic carbocycles. The molecule has 0 saturated carbocycles. The molecule has 0 fully saturated rings. The Balaban J connectivity index is 2.34. The summed E-state index contributed by atoms with van der Waals surface area (Å²) in [7, 11) is 1.85. The van der Waals surface area contributed by atoms with Crippen LogP contribution in [0.4, 0.5) is 5.82 Å². The van der Waals surface area contributed by atoms with Gasteiger partial charge in [-0.2, -0.15) is 0 Å². The first-order valence-corrected chi connectivity index (χ1v) is 5.42. The normalized spacial score (nSPS) is 10.1. The van der Waals surface area contributed by atoms with Crippen LogP contribution in [0.15, 0.2) is 36.7 Å². The highest BCUT2D eigenvalue weighted by Crippen LogP contribution is 2.19. The largest absolute Gasteiger partial charge is 0.373 e. The topological polar surface area (TPSA) is 37.8 Å². The molecule has 3 nitrogen and oxygen atoms in total. The molecule has 2 aromatic rings. The quantitative estimate of drug-likeness (QED) is 0.851. The molecule has 3 heteroatoms. The number of nitrogens with zero attached hydrogens (tertiary/aromatic N) is 2. The number of benzene rings is 1. The summed E-state index contributed by atoms with van der Waals surface area (Å²) in [6, 6.07) is 10.4. The number of rotatable bonds is 3. The maximum absolute atomic E-state index is 4.26. The Kier molecular flexibility index (Phi) is 3.15. The van der Waals surface area contributed by atoms with Crippen LogP contribution in [0, 0.1) is 0 Å². The van der Waals surface area contributed by atoms with E-state index in [2.05, 4.69) is 46.5 Å². The fourth-order valence-corrected chi connectivity index (χ4v) is 1.56. The second-order valence-corrected chi connectivity index (χ2v) is 3.59. The summed E-state index contributed by atoms with van der Waals surface area (Å²) in [5.41, 5.74) is 3.41. The summed E-state index contributed by atoms with van der Waals surface area (Å²) < 4.78 is 0. The first-order valence-electron chi connectivity index (χ1n) is 5.42. The fourth-order valence-electron chi connectivity index (χ4n) is 1.56. The van der Waals surface area contributed by atoms with E-state index < -0.39 is 0 Å². The molecule has 1 aromatic heterocycles. The predicted molar refractivity (Wildman–Crippen MR) is 66.4 cm³/mol. The van der Waals surface area contributed by atoms with E-state index in [1.165, 1.54) is 5.56 Å². The minimum absolute atomic E-state index is 0.838. The molecule has 1 heterocycles. The van der Waals surface area contributed by atoms with Gasteiger partial charge in [-0.15, -0.1) is 0 Å². The maximum Gasteiger partial charge on any atom is 0.129 e. The zero-order chi connectivity index (χ0) is 11.4. The van der Waals surface area contributed by atoms with Crippen molar-refractivity contribution in [1.82, 2.24) is 9.97 Å². The molecule has 0 spiro atoms. The smallest absolute Gasteiger partial charge is 0.129 e. The van der Waals surface area contributed by atoms with Gasteiger partial charge in [0.05, 0.1) is 5.69 Å². The number of anilines is 1. The summed E-state index contributed by atoms with van der Waals surface area (Å²) in [5, 5.41) is 3.01. The van der Waals surface area contributed by atoms with E-state index in [1.54, 1.807) is 6.33 Å². The first kappa shape index (κ1) is 10.6.